The molecule has 1 fully saturated rings. The molecule has 3 rings (SSSR count). The number of anilines is 1. The lowest BCUT2D eigenvalue weighted by Crippen LogP contribution is -2.47. The fourth-order valence-corrected chi connectivity index (χ4v) is 3.15. The van der Waals surface area contributed by atoms with Crippen LogP contribution in [0, 0.1) is 0 Å². The number of hydrogen-bond donors (Lipinski definition) is 0. The summed E-state index contributed by atoms with van der Waals surface area (Å²) in [5.74, 6) is -0.0402. The molecule has 0 N–H and O–H groups in total. The molecular formula is C22H22N2O5. The highest BCUT2D eigenvalue weighted by molar-refractivity contribution is 6.23. The molecule has 0 aromatic heterocycles. The molecule has 0 spiro atoms. The molecule has 1 aliphatic heterocycles. The van der Waals surface area contributed by atoms with Gasteiger partial charge in [0.05, 0.1) is 19.2 Å². The summed E-state index contributed by atoms with van der Waals surface area (Å²) in [5, 5.41) is 0. The molecule has 0 bridgehead atoms. The van der Waals surface area contributed by atoms with Crippen LogP contribution in [0.15, 0.2) is 67.3 Å². The number of para-hydroxylation sites is 1. The summed E-state index contributed by atoms with van der Waals surface area (Å²) in [6, 6.07) is 14.6. The van der Waals surface area contributed by atoms with Crippen LogP contribution >= 0.6 is 0 Å². The van der Waals surface area contributed by atoms with Gasteiger partial charge in [0, 0.05) is 6.54 Å². The number of amides is 3. The van der Waals surface area contributed by atoms with Gasteiger partial charge in [-0.15, -0.1) is 6.58 Å². The van der Waals surface area contributed by atoms with Crippen LogP contribution in [0.2, 0.25) is 0 Å². The molecule has 2 aromatic carbocycles. The smallest absolute Gasteiger partial charge is 0.261 e. The number of carbonyl (C=O) groups is 3. The average Bonchev–Trinajstić information content (AvgIpc) is 3.04. The summed E-state index contributed by atoms with van der Waals surface area (Å²) in [6.45, 7) is 3.55. The Morgan fingerprint density at radius 1 is 1.14 bits per heavy atom. The lowest BCUT2D eigenvalue weighted by atomic mass is 10.2. The summed E-state index contributed by atoms with van der Waals surface area (Å²) in [6.07, 6.45) is 1.43. The lowest BCUT2D eigenvalue weighted by molar-refractivity contribution is -0.139. The van der Waals surface area contributed by atoms with Crippen molar-refractivity contribution in [3.63, 3.8) is 0 Å². The van der Waals surface area contributed by atoms with Gasteiger partial charge in [-0.1, -0.05) is 24.3 Å². The summed E-state index contributed by atoms with van der Waals surface area (Å²) in [5.41, 5.74) is 0.440. The molecule has 1 aliphatic rings. The van der Waals surface area contributed by atoms with E-state index < -0.39 is 17.9 Å². The van der Waals surface area contributed by atoms with E-state index in [1.54, 1.807) is 48.5 Å². The first-order valence-electron chi connectivity index (χ1n) is 9.14. The standard InChI is InChI=1S/C22H22N2O5/c1-3-13-23(21(26)15-29-18-7-5-4-6-8-18)19-14-20(25)24(22(19)27)16-9-11-17(28-2)12-10-16/h3-12,19H,1,13-15H2,2H3. The molecule has 1 saturated heterocycles. The van der Waals surface area contributed by atoms with Gasteiger partial charge >= 0.3 is 0 Å². The highest BCUT2D eigenvalue weighted by Crippen LogP contribution is 2.27. The summed E-state index contributed by atoms with van der Waals surface area (Å²) in [4.78, 5) is 40.7. The predicted molar refractivity (Wildman–Crippen MR) is 108 cm³/mol. The van der Waals surface area contributed by atoms with E-state index in [2.05, 4.69) is 6.58 Å². The largest absolute Gasteiger partial charge is 0.497 e. The Hall–Kier alpha value is -3.61. The number of nitrogens with zero attached hydrogens (tertiary/aromatic N) is 2. The average molecular weight is 394 g/mol. The highest BCUT2D eigenvalue weighted by Gasteiger charge is 2.44. The molecule has 2 aromatic rings. The number of methoxy groups -OCH3 is 1. The number of rotatable bonds is 8. The van der Waals surface area contributed by atoms with Crippen molar-refractivity contribution < 1.29 is 23.9 Å². The zero-order valence-electron chi connectivity index (χ0n) is 16.1. The molecule has 0 saturated carbocycles. The minimum atomic E-state index is -0.894. The maximum atomic E-state index is 13.0. The molecule has 0 radical (unpaired) electrons. The van der Waals surface area contributed by atoms with Gasteiger partial charge in [-0.05, 0) is 36.4 Å². The number of imide groups is 1. The topological polar surface area (TPSA) is 76.2 Å². The van der Waals surface area contributed by atoms with Crippen molar-refractivity contribution in [3.05, 3.63) is 67.3 Å². The number of carbonyl (C=O) groups excluding carboxylic acids is 3. The van der Waals surface area contributed by atoms with Crippen molar-refractivity contribution in [3.8, 4) is 11.5 Å². The van der Waals surface area contributed by atoms with Gasteiger partial charge in [-0.25, -0.2) is 4.90 Å². The SMILES string of the molecule is C=CCN(C(=O)COc1ccccc1)C1CC(=O)N(c2ccc(OC)cc2)C1=O. The fraction of sp³-hybridized carbons (Fsp3) is 0.227. The molecular weight excluding hydrogens is 372 g/mol. The summed E-state index contributed by atoms with van der Waals surface area (Å²) < 4.78 is 10.6. The Labute approximate surface area is 169 Å². The minimum Gasteiger partial charge on any atom is -0.497 e. The van der Waals surface area contributed by atoms with Crippen LogP contribution in [-0.2, 0) is 14.4 Å². The molecule has 7 nitrogen and oxygen atoms in total. The van der Waals surface area contributed by atoms with Crippen molar-refractivity contribution in [1.82, 2.24) is 4.90 Å². The Bertz CT molecular complexity index is 895. The normalized spacial score (nSPS) is 15.9. The Balaban J connectivity index is 1.74. The van der Waals surface area contributed by atoms with Crippen molar-refractivity contribution in [2.45, 2.75) is 12.5 Å². The van der Waals surface area contributed by atoms with Crippen LogP contribution in [0.4, 0.5) is 5.69 Å². The molecule has 3 amide bonds. The quantitative estimate of drug-likeness (QED) is 0.508. The van der Waals surface area contributed by atoms with Gasteiger partial charge in [-0.3, -0.25) is 14.4 Å². The highest BCUT2D eigenvalue weighted by atomic mass is 16.5. The molecule has 0 aliphatic carbocycles. The molecule has 7 heteroatoms. The van der Waals surface area contributed by atoms with Gasteiger partial charge in [0.2, 0.25) is 5.91 Å². The fourth-order valence-electron chi connectivity index (χ4n) is 3.15. The Morgan fingerprint density at radius 2 is 1.83 bits per heavy atom. The predicted octanol–water partition coefficient (Wildman–Crippen LogP) is 2.42. The van der Waals surface area contributed by atoms with Gasteiger partial charge in [0.1, 0.15) is 17.5 Å². The van der Waals surface area contributed by atoms with E-state index in [0.717, 1.165) is 4.90 Å². The van der Waals surface area contributed by atoms with Crippen molar-refractivity contribution >= 4 is 23.4 Å². The van der Waals surface area contributed by atoms with Gasteiger partial charge < -0.3 is 14.4 Å². The monoisotopic (exact) mass is 394 g/mol. The third-order valence-electron chi connectivity index (χ3n) is 4.58. The summed E-state index contributed by atoms with van der Waals surface area (Å²) >= 11 is 0. The van der Waals surface area contributed by atoms with E-state index in [0.29, 0.717) is 17.2 Å². The number of ether oxygens (including phenoxy) is 2. The molecule has 1 unspecified atom stereocenters. The van der Waals surface area contributed by atoms with E-state index in [4.69, 9.17) is 9.47 Å². The van der Waals surface area contributed by atoms with Crippen LogP contribution in [-0.4, -0.2) is 48.9 Å². The van der Waals surface area contributed by atoms with Crippen molar-refractivity contribution in [2.75, 3.05) is 25.2 Å². The van der Waals surface area contributed by atoms with Crippen LogP contribution in [0.25, 0.3) is 0 Å². The van der Waals surface area contributed by atoms with Crippen LogP contribution in [0.1, 0.15) is 6.42 Å². The Morgan fingerprint density at radius 3 is 2.45 bits per heavy atom. The van der Waals surface area contributed by atoms with Gasteiger partial charge in [-0.2, -0.15) is 0 Å². The second-order valence-corrected chi connectivity index (χ2v) is 6.42. The zero-order chi connectivity index (χ0) is 20.8. The van der Waals surface area contributed by atoms with Crippen molar-refractivity contribution in [1.29, 1.82) is 0 Å². The molecule has 150 valence electrons. The first kappa shape index (κ1) is 20.1. The maximum absolute atomic E-state index is 13.0. The first-order valence-corrected chi connectivity index (χ1v) is 9.14. The third-order valence-corrected chi connectivity index (χ3v) is 4.58. The molecule has 1 atom stereocenters. The van der Waals surface area contributed by atoms with Gasteiger partial charge in [0.15, 0.2) is 6.61 Å². The number of benzene rings is 2. The number of hydrogen-bond acceptors (Lipinski definition) is 5. The maximum Gasteiger partial charge on any atom is 0.261 e. The van der Waals surface area contributed by atoms with E-state index in [1.807, 2.05) is 6.07 Å². The van der Waals surface area contributed by atoms with Crippen LogP contribution in [0.5, 0.6) is 11.5 Å². The minimum absolute atomic E-state index is 0.0875. The van der Waals surface area contributed by atoms with E-state index in [-0.39, 0.29) is 25.5 Å². The molecule has 29 heavy (non-hydrogen) atoms. The van der Waals surface area contributed by atoms with E-state index in [1.165, 1.54) is 18.1 Å². The lowest BCUT2D eigenvalue weighted by Gasteiger charge is -2.26. The second kappa shape index (κ2) is 9.05. The molecule has 1 heterocycles. The first-order chi connectivity index (χ1) is 14.0. The van der Waals surface area contributed by atoms with Crippen LogP contribution in [0.3, 0.4) is 0 Å². The van der Waals surface area contributed by atoms with E-state index >= 15 is 0 Å². The third kappa shape index (κ3) is 4.45. The summed E-state index contributed by atoms with van der Waals surface area (Å²) in [7, 11) is 1.54. The van der Waals surface area contributed by atoms with Gasteiger partial charge in [0.25, 0.3) is 11.8 Å². The zero-order valence-corrected chi connectivity index (χ0v) is 16.1. The Kier molecular flexibility index (Phi) is 6.29. The van der Waals surface area contributed by atoms with E-state index in [9.17, 15) is 14.4 Å². The second-order valence-electron chi connectivity index (χ2n) is 6.42. The van der Waals surface area contributed by atoms with Crippen molar-refractivity contribution in [2.24, 2.45) is 0 Å². The van der Waals surface area contributed by atoms with Crippen LogP contribution < -0.4 is 14.4 Å².